The highest BCUT2D eigenvalue weighted by Crippen LogP contribution is 2.31. The molecule has 0 aliphatic heterocycles. The van der Waals surface area contributed by atoms with Gasteiger partial charge in [0.1, 0.15) is 0 Å². The van der Waals surface area contributed by atoms with E-state index in [9.17, 15) is 5.11 Å². The molecule has 0 heterocycles. The van der Waals surface area contributed by atoms with Gasteiger partial charge in [0.15, 0.2) is 0 Å². The van der Waals surface area contributed by atoms with Crippen LogP contribution in [0.3, 0.4) is 0 Å². The van der Waals surface area contributed by atoms with Gasteiger partial charge in [-0.1, -0.05) is 35.3 Å². The summed E-state index contributed by atoms with van der Waals surface area (Å²) in [6, 6.07) is 5.31. The van der Waals surface area contributed by atoms with Crippen LogP contribution in [0.4, 0.5) is 0 Å². The topological polar surface area (TPSA) is 23.5 Å². The zero-order valence-corrected chi connectivity index (χ0v) is 10.4. The Morgan fingerprint density at radius 3 is 2.60 bits per heavy atom. The molecule has 4 heteroatoms. The number of hydrogen-bond donors (Lipinski definition) is 1. The van der Waals surface area contributed by atoms with Gasteiger partial charge in [-0.25, -0.2) is 0 Å². The molecule has 2 nitrogen and oxygen atoms in total. The Morgan fingerprint density at radius 1 is 1.33 bits per heavy atom. The summed E-state index contributed by atoms with van der Waals surface area (Å²) < 4.78 is 0. The van der Waals surface area contributed by atoms with E-state index in [1.165, 1.54) is 0 Å². The second kappa shape index (κ2) is 5.71. The van der Waals surface area contributed by atoms with Crippen molar-refractivity contribution in [2.24, 2.45) is 0 Å². The molecule has 15 heavy (non-hydrogen) atoms. The van der Waals surface area contributed by atoms with Gasteiger partial charge in [-0.3, -0.25) is 0 Å². The summed E-state index contributed by atoms with van der Waals surface area (Å²) in [4.78, 5) is 2.02. The number of nitrogens with zero attached hydrogens (tertiary/aromatic N) is 1. The number of aliphatic hydroxyl groups is 1. The molecule has 1 rings (SSSR count). The molecule has 0 amide bonds. The first kappa shape index (κ1) is 12.8. The van der Waals surface area contributed by atoms with Crippen molar-refractivity contribution in [1.82, 2.24) is 4.90 Å². The van der Waals surface area contributed by atoms with E-state index in [4.69, 9.17) is 23.2 Å². The van der Waals surface area contributed by atoms with E-state index >= 15 is 0 Å². The number of halogens is 2. The van der Waals surface area contributed by atoms with E-state index in [2.05, 4.69) is 0 Å². The Bertz CT molecular complexity index is 328. The minimum atomic E-state index is -0.557. The highest BCUT2D eigenvalue weighted by Gasteiger charge is 2.13. The van der Waals surface area contributed by atoms with E-state index in [0.29, 0.717) is 22.0 Å². The summed E-state index contributed by atoms with van der Waals surface area (Å²) >= 11 is 11.9. The average molecular weight is 248 g/mol. The van der Waals surface area contributed by atoms with Gasteiger partial charge in [-0.2, -0.15) is 0 Å². The summed E-state index contributed by atoms with van der Waals surface area (Å²) in [6.45, 7) is 0.810. The fraction of sp³-hybridized carbons (Fsp3) is 0.455. The number of aliphatic hydroxyl groups excluding tert-OH is 1. The number of hydrogen-bond acceptors (Lipinski definition) is 2. The van der Waals surface area contributed by atoms with Crippen molar-refractivity contribution in [2.45, 2.75) is 12.5 Å². The molecule has 0 radical (unpaired) electrons. The summed E-state index contributed by atoms with van der Waals surface area (Å²) in [7, 11) is 3.93. The maximum Gasteiger partial charge on any atom is 0.0817 e. The Labute approximate surface area is 100 Å². The predicted octanol–water partition coefficient (Wildman–Crippen LogP) is 2.98. The van der Waals surface area contributed by atoms with Crippen molar-refractivity contribution in [3.63, 3.8) is 0 Å². The van der Waals surface area contributed by atoms with Crippen LogP contribution in [-0.4, -0.2) is 30.6 Å². The first-order chi connectivity index (χ1) is 7.02. The summed E-state index contributed by atoms with van der Waals surface area (Å²) in [6.07, 6.45) is 0.0890. The van der Waals surface area contributed by atoms with E-state index < -0.39 is 6.10 Å². The van der Waals surface area contributed by atoms with Gasteiger partial charge >= 0.3 is 0 Å². The quantitative estimate of drug-likeness (QED) is 0.885. The van der Waals surface area contributed by atoms with E-state index in [-0.39, 0.29) is 0 Å². The Kier molecular flexibility index (Phi) is 4.87. The minimum Gasteiger partial charge on any atom is -0.388 e. The molecular weight excluding hydrogens is 233 g/mol. The maximum absolute atomic E-state index is 9.90. The molecular formula is C11H15Cl2NO. The predicted molar refractivity (Wildman–Crippen MR) is 64.6 cm³/mol. The molecule has 0 fully saturated rings. The summed E-state index contributed by atoms with van der Waals surface area (Å²) in [5.74, 6) is 0. The third-order valence-corrected chi connectivity index (χ3v) is 3.02. The van der Waals surface area contributed by atoms with Crippen molar-refractivity contribution >= 4 is 23.2 Å². The van der Waals surface area contributed by atoms with Gasteiger partial charge in [0.2, 0.25) is 0 Å². The summed E-state index contributed by atoms with van der Waals surface area (Å²) in [5, 5.41) is 10.8. The second-order valence-electron chi connectivity index (χ2n) is 3.75. The fourth-order valence-electron chi connectivity index (χ4n) is 1.31. The van der Waals surface area contributed by atoms with Crippen LogP contribution in [-0.2, 0) is 0 Å². The van der Waals surface area contributed by atoms with Crippen molar-refractivity contribution in [3.8, 4) is 0 Å². The third-order valence-electron chi connectivity index (χ3n) is 2.19. The van der Waals surface area contributed by atoms with Crippen LogP contribution in [0, 0.1) is 0 Å². The van der Waals surface area contributed by atoms with Crippen molar-refractivity contribution in [1.29, 1.82) is 0 Å². The van der Waals surface area contributed by atoms with Gasteiger partial charge in [0.05, 0.1) is 16.1 Å². The van der Waals surface area contributed by atoms with Gasteiger partial charge in [0, 0.05) is 12.1 Å². The lowest BCUT2D eigenvalue weighted by Gasteiger charge is -2.16. The molecule has 0 saturated heterocycles. The summed E-state index contributed by atoms with van der Waals surface area (Å²) in [5.41, 5.74) is 0.700. The van der Waals surface area contributed by atoms with Gasteiger partial charge < -0.3 is 10.0 Å². The smallest absolute Gasteiger partial charge is 0.0817 e. The lowest BCUT2D eigenvalue weighted by molar-refractivity contribution is 0.154. The van der Waals surface area contributed by atoms with Gasteiger partial charge in [0.25, 0.3) is 0 Å². The molecule has 0 aliphatic rings. The van der Waals surface area contributed by atoms with Crippen LogP contribution in [0.25, 0.3) is 0 Å². The molecule has 84 valence electrons. The highest BCUT2D eigenvalue weighted by molar-refractivity contribution is 6.42. The largest absolute Gasteiger partial charge is 0.388 e. The van der Waals surface area contributed by atoms with Crippen LogP contribution < -0.4 is 0 Å². The maximum atomic E-state index is 9.90. The van der Waals surface area contributed by atoms with E-state index in [0.717, 1.165) is 6.54 Å². The standard InChI is InChI=1S/C11H15Cl2NO/c1-14(2)7-6-10(15)8-4-3-5-9(12)11(8)13/h3-5,10,15H,6-7H2,1-2H3. The van der Waals surface area contributed by atoms with Crippen LogP contribution >= 0.6 is 23.2 Å². The zero-order chi connectivity index (χ0) is 11.4. The van der Waals surface area contributed by atoms with Crippen LogP contribution in [0.1, 0.15) is 18.1 Å². The van der Waals surface area contributed by atoms with Crippen molar-refractivity contribution in [2.75, 3.05) is 20.6 Å². The van der Waals surface area contributed by atoms with E-state index in [1.54, 1.807) is 18.2 Å². The van der Waals surface area contributed by atoms with E-state index in [1.807, 2.05) is 19.0 Å². The Morgan fingerprint density at radius 2 is 2.00 bits per heavy atom. The molecule has 0 aromatic heterocycles. The molecule has 1 unspecified atom stereocenters. The van der Waals surface area contributed by atoms with Crippen molar-refractivity contribution < 1.29 is 5.11 Å². The Balaban J connectivity index is 2.73. The van der Waals surface area contributed by atoms with Crippen LogP contribution in [0.2, 0.25) is 10.0 Å². The molecule has 1 aromatic carbocycles. The third kappa shape index (κ3) is 3.65. The van der Waals surface area contributed by atoms with Gasteiger partial charge in [-0.15, -0.1) is 0 Å². The first-order valence-electron chi connectivity index (χ1n) is 4.79. The van der Waals surface area contributed by atoms with Crippen LogP contribution in [0.15, 0.2) is 18.2 Å². The molecule has 1 atom stereocenters. The fourth-order valence-corrected chi connectivity index (χ4v) is 1.75. The number of rotatable bonds is 4. The zero-order valence-electron chi connectivity index (χ0n) is 8.87. The highest BCUT2D eigenvalue weighted by atomic mass is 35.5. The monoisotopic (exact) mass is 247 g/mol. The van der Waals surface area contributed by atoms with Crippen LogP contribution in [0.5, 0.6) is 0 Å². The molecule has 0 spiro atoms. The molecule has 0 aliphatic carbocycles. The number of benzene rings is 1. The molecule has 1 aromatic rings. The van der Waals surface area contributed by atoms with Crippen molar-refractivity contribution in [3.05, 3.63) is 33.8 Å². The SMILES string of the molecule is CN(C)CCC(O)c1cccc(Cl)c1Cl. The second-order valence-corrected chi connectivity index (χ2v) is 4.54. The lowest BCUT2D eigenvalue weighted by atomic mass is 10.1. The average Bonchev–Trinajstić information content (AvgIpc) is 2.18. The normalized spacial score (nSPS) is 13.2. The molecule has 0 saturated carbocycles. The first-order valence-corrected chi connectivity index (χ1v) is 5.54. The van der Waals surface area contributed by atoms with Gasteiger partial charge in [-0.05, 0) is 26.6 Å². The minimum absolute atomic E-state index is 0.449. The lowest BCUT2D eigenvalue weighted by Crippen LogP contribution is -2.16. The molecule has 0 bridgehead atoms. The molecule has 1 N–H and O–H groups in total. The Hall–Kier alpha value is -0.280.